The summed E-state index contributed by atoms with van der Waals surface area (Å²) in [6.45, 7) is 2.47. The van der Waals surface area contributed by atoms with E-state index in [1.807, 2.05) is 36.4 Å². The highest BCUT2D eigenvalue weighted by atomic mass is 35.5. The Bertz CT molecular complexity index is 845. The summed E-state index contributed by atoms with van der Waals surface area (Å²) in [6, 6.07) is 15.4. The van der Waals surface area contributed by atoms with E-state index in [1.54, 1.807) is 19.1 Å². The summed E-state index contributed by atoms with van der Waals surface area (Å²) in [6.07, 6.45) is 1.50. The number of aromatic nitrogens is 2. The summed E-state index contributed by atoms with van der Waals surface area (Å²) in [5.41, 5.74) is 3.02. The lowest BCUT2D eigenvalue weighted by Gasteiger charge is -2.11. The molecule has 3 aromatic rings. The summed E-state index contributed by atoms with van der Waals surface area (Å²) in [4.78, 5) is 19.0. The standard InChI is InChI=1S/C18H17ClN4O/c1-12-20-11-17(22-12)18(24)23-14-7-8-16(15(19)9-14)21-10-13-5-3-2-4-6-13/h2-9,11,21H,10H2,1H3,(H,20,22)(H,23,24). The maximum absolute atomic E-state index is 12.1. The number of H-pyrrole nitrogens is 1. The normalized spacial score (nSPS) is 10.4. The van der Waals surface area contributed by atoms with Crippen molar-refractivity contribution in [3.05, 3.63) is 76.8 Å². The lowest BCUT2D eigenvalue weighted by atomic mass is 10.2. The summed E-state index contributed by atoms with van der Waals surface area (Å²) >= 11 is 6.30. The Morgan fingerprint density at radius 2 is 2.00 bits per heavy atom. The van der Waals surface area contributed by atoms with Crippen LogP contribution >= 0.6 is 11.6 Å². The van der Waals surface area contributed by atoms with Gasteiger partial charge in [0, 0.05) is 12.2 Å². The van der Waals surface area contributed by atoms with Crippen LogP contribution in [-0.2, 0) is 6.54 Å². The van der Waals surface area contributed by atoms with Crippen molar-refractivity contribution in [3.8, 4) is 0 Å². The number of benzene rings is 2. The van der Waals surface area contributed by atoms with Crippen LogP contribution in [0.25, 0.3) is 0 Å². The van der Waals surface area contributed by atoms with Gasteiger partial charge in [0.2, 0.25) is 0 Å². The first kappa shape index (κ1) is 16.1. The van der Waals surface area contributed by atoms with Crippen LogP contribution in [0.15, 0.2) is 54.7 Å². The van der Waals surface area contributed by atoms with E-state index in [2.05, 4.69) is 20.6 Å². The molecule has 3 N–H and O–H groups in total. The molecule has 1 amide bonds. The quantitative estimate of drug-likeness (QED) is 0.650. The average Bonchev–Trinajstić information content (AvgIpc) is 3.02. The Hall–Kier alpha value is -2.79. The predicted octanol–water partition coefficient (Wildman–Crippen LogP) is 4.24. The van der Waals surface area contributed by atoms with Gasteiger partial charge in [-0.1, -0.05) is 41.9 Å². The molecule has 1 aromatic heterocycles. The highest BCUT2D eigenvalue weighted by molar-refractivity contribution is 6.33. The second kappa shape index (κ2) is 7.19. The largest absolute Gasteiger partial charge is 0.380 e. The van der Waals surface area contributed by atoms with Gasteiger partial charge in [-0.25, -0.2) is 4.98 Å². The van der Waals surface area contributed by atoms with Crippen molar-refractivity contribution in [1.82, 2.24) is 9.97 Å². The number of imidazole rings is 1. The second-order valence-corrected chi connectivity index (χ2v) is 5.78. The number of amides is 1. The van der Waals surface area contributed by atoms with Gasteiger partial charge in [-0.2, -0.15) is 0 Å². The molecule has 0 saturated heterocycles. The Balaban J connectivity index is 1.65. The molecule has 122 valence electrons. The molecule has 0 saturated carbocycles. The SMILES string of the molecule is Cc1ncc(C(=O)Nc2ccc(NCc3ccccc3)c(Cl)c2)[nH]1. The number of carbonyl (C=O) groups excluding carboxylic acids is 1. The first-order valence-electron chi connectivity index (χ1n) is 7.52. The Kier molecular flexibility index (Phi) is 4.82. The van der Waals surface area contributed by atoms with Crippen LogP contribution in [0.5, 0.6) is 0 Å². The molecule has 6 heteroatoms. The van der Waals surface area contributed by atoms with Crippen molar-refractivity contribution >= 4 is 28.9 Å². The summed E-state index contributed by atoms with van der Waals surface area (Å²) < 4.78 is 0. The Morgan fingerprint density at radius 3 is 2.67 bits per heavy atom. The third-order valence-corrected chi connectivity index (χ3v) is 3.81. The van der Waals surface area contributed by atoms with Gasteiger partial charge in [0.1, 0.15) is 11.5 Å². The first-order chi connectivity index (χ1) is 11.6. The van der Waals surface area contributed by atoms with E-state index >= 15 is 0 Å². The molecule has 1 heterocycles. The second-order valence-electron chi connectivity index (χ2n) is 5.37. The molecule has 3 rings (SSSR count). The number of halogens is 1. The van der Waals surface area contributed by atoms with Crippen LogP contribution in [0.4, 0.5) is 11.4 Å². The van der Waals surface area contributed by atoms with Crippen molar-refractivity contribution in [1.29, 1.82) is 0 Å². The van der Waals surface area contributed by atoms with E-state index in [0.29, 0.717) is 28.8 Å². The number of hydrogen-bond donors (Lipinski definition) is 3. The van der Waals surface area contributed by atoms with Crippen LogP contribution in [0, 0.1) is 6.92 Å². The molecule has 0 fully saturated rings. The molecule has 5 nitrogen and oxygen atoms in total. The van der Waals surface area contributed by atoms with Crippen molar-refractivity contribution < 1.29 is 4.79 Å². The lowest BCUT2D eigenvalue weighted by molar-refractivity contribution is 0.102. The van der Waals surface area contributed by atoms with E-state index < -0.39 is 0 Å². The van der Waals surface area contributed by atoms with Gasteiger partial charge in [-0.15, -0.1) is 0 Å². The van der Waals surface area contributed by atoms with Crippen LogP contribution in [0.3, 0.4) is 0 Å². The van der Waals surface area contributed by atoms with E-state index in [4.69, 9.17) is 11.6 Å². The minimum Gasteiger partial charge on any atom is -0.380 e. The molecule has 0 aliphatic heterocycles. The molecule has 0 aliphatic carbocycles. The zero-order valence-electron chi connectivity index (χ0n) is 13.1. The van der Waals surface area contributed by atoms with Crippen LogP contribution in [0.2, 0.25) is 5.02 Å². The molecular weight excluding hydrogens is 324 g/mol. The summed E-state index contributed by atoms with van der Waals surface area (Å²) in [5, 5.41) is 6.62. The van der Waals surface area contributed by atoms with E-state index in [-0.39, 0.29) is 5.91 Å². The lowest BCUT2D eigenvalue weighted by Crippen LogP contribution is -2.12. The van der Waals surface area contributed by atoms with Gasteiger partial charge in [0.15, 0.2) is 0 Å². The maximum atomic E-state index is 12.1. The molecule has 0 atom stereocenters. The number of nitrogens with one attached hydrogen (secondary N) is 3. The number of aryl methyl sites for hydroxylation is 1. The number of hydrogen-bond acceptors (Lipinski definition) is 3. The van der Waals surface area contributed by atoms with Crippen molar-refractivity contribution in [2.45, 2.75) is 13.5 Å². The molecule has 24 heavy (non-hydrogen) atoms. The third kappa shape index (κ3) is 3.94. The first-order valence-corrected chi connectivity index (χ1v) is 7.90. The van der Waals surface area contributed by atoms with E-state index in [9.17, 15) is 4.79 Å². The van der Waals surface area contributed by atoms with Crippen LogP contribution in [0.1, 0.15) is 21.9 Å². The van der Waals surface area contributed by atoms with Crippen molar-refractivity contribution in [2.75, 3.05) is 10.6 Å². The fourth-order valence-corrected chi connectivity index (χ4v) is 2.51. The van der Waals surface area contributed by atoms with Crippen LogP contribution in [-0.4, -0.2) is 15.9 Å². The molecule has 0 aliphatic rings. The zero-order valence-corrected chi connectivity index (χ0v) is 13.9. The van der Waals surface area contributed by atoms with E-state index in [1.165, 1.54) is 11.8 Å². The number of rotatable bonds is 5. The molecule has 0 bridgehead atoms. The maximum Gasteiger partial charge on any atom is 0.273 e. The molecular formula is C18H17ClN4O. The predicted molar refractivity (Wildman–Crippen MR) is 96.5 cm³/mol. The number of carbonyl (C=O) groups is 1. The van der Waals surface area contributed by atoms with Crippen molar-refractivity contribution in [3.63, 3.8) is 0 Å². The van der Waals surface area contributed by atoms with Crippen LogP contribution < -0.4 is 10.6 Å². The average molecular weight is 341 g/mol. The van der Waals surface area contributed by atoms with Gasteiger partial charge >= 0.3 is 0 Å². The fraction of sp³-hybridized carbons (Fsp3) is 0.111. The molecule has 2 aromatic carbocycles. The highest BCUT2D eigenvalue weighted by Crippen LogP contribution is 2.26. The minimum atomic E-state index is -0.253. The van der Waals surface area contributed by atoms with Gasteiger partial charge < -0.3 is 15.6 Å². The monoisotopic (exact) mass is 340 g/mol. The highest BCUT2D eigenvalue weighted by Gasteiger charge is 2.10. The number of nitrogens with zero attached hydrogens (tertiary/aromatic N) is 1. The van der Waals surface area contributed by atoms with E-state index in [0.717, 1.165) is 5.69 Å². The zero-order chi connectivity index (χ0) is 16.9. The van der Waals surface area contributed by atoms with Gasteiger partial charge in [0.25, 0.3) is 5.91 Å². The van der Waals surface area contributed by atoms with Gasteiger partial charge in [-0.05, 0) is 30.7 Å². The number of anilines is 2. The molecule has 0 spiro atoms. The van der Waals surface area contributed by atoms with Crippen molar-refractivity contribution in [2.24, 2.45) is 0 Å². The summed E-state index contributed by atoms with van der Waals surface area (Å²) in [7, 11) is 0. The van der Waals surface area contributed by atoms with Gasteiger partial charge in [-0.3, -0.25) is 4.79 Å². The number of aromatic amines is 1. The smallest absolute Gasteiger partial charge is 0.273 e. The topological polar surface area (TPSA) is 69.8 Å². The Labute approximate surface area is 145 Å². The van der Waals surface area contributed by atoms with Gasteiger partial charge in [0.05, 0.1) is 16.9 Å². The summed E-state index contributed by atoms with van der Waals surface area (Å²) in [5.74, 6) is 0.440. The molecule has 0 unspecified atom stereocenters. The minimum absolute atomic E-state index is 0.253. The third-order valence-electron chi connectivity index (χ3n) is 3.50. The molecule has 0 radical (unpaired) electrons. The Morgan fingerprint density at radius 1 is 1.21 bits per heavy atom. The fourth-order valence-electron chi connectivity index (χ4n) is 2.26.